The molecule has 0 radical (unpaired) electrons. The minimum atomic E-state index is 0.667. The topological polar surface area (TPSA) is 46.2 Å². The Balaban J connectivity index is 1.36. The molecule has 7 heteroatoms. The Labute approximate surface area is 178 Å². The number of benzene rings is 2. The lowest BCUT2D eigenvalue weighted by atomic mass is 10.3. The number of methoxy groups -OCH3 is 1. The largest absolute Gasteiger partial charge is 0.497 e. The Morgan fingerprint density at radius 2 is 1.48 bits per heavy atom. The van der Waals surface area contributed by atoms with Gasteiger partial charge in [-0.2, -0.15) is 0 Å². The maximum absolute atomic E-state index is 5.83. The van der Waals surface area contributed by atoms with E-state index in [-0.39, 0.29) is 0 Å². The predicted molar refractivity (Wildman–Crippen MR) is 120 cm³/mol. The van der Waals surface area contributed by atoms with Crippen molar-refractivity contribution in [1.29, 1.82) is 0 Å². The van der Waals surface area contributed by atoms with E-state index in [9.17, 15) is 0 Å². The maximum atomic E-state index is 5.83. The summed E-state index contributed by atoms with van der Waals surface area (Å²) in [6, 6.07) is 15.6. The predicted octanol–water partition coefficient (Wildman–Crippen LogP) is 3.49. The number of hydrogen-bond acceptors (Lipinski definition) is 5. The zero-order valence-corrected chi connectivity index (χ0v) is 17.9. The van der Waals surface area contributed by atoms with Crippen molar-refractivity contribution in [2.24, 2.45) is 0 Å². The molecular formula is C22H29N3O3S. The molecule has 0 unspecified atom stereocenters. The monoisotopic (exact) mass is 415 g/mol. The fourth-order valence-corrected chi connectivity index (χ4v) is 3.44. The SMILES string of the molecule is CCOc1ccc(NC(=S)N2CCN(CCOc3ccc(OC)cc3)CC2)cc1. The van der Waals surface area contributed by atoms with Gasteiger partial charge in [0.15, 0.2) is 5.11 Å². The molecule has 1 saturated heterocycles. The minimum Gasteiger partial charge on any atom is -0.497 e. The van der Waals surface area contributed by atoms with Gasteiger partial charge in [-0.1, -0.05) is 0 Å². The third kappa shape index (κ3) is 6.51. The molecule has 0 aromatic heterocycles. The van der Waals surface area contributed by atoms with E-state index in [1.807, 2.05) is 55.5 Å². The smallest absolute Gasteiger partial charge is 0.173 e. The van der Waals surface area contributed by atoms with E-state index in [4.69, 9.17) is 26.4 Å². The van der Waals surface area contributed by atoms with E-state index >= 15 is 0 Å². The average molecular weight is 416 g/mol. The first kappa shape index (κ1) is 21.2. The quantitative estimate of drug-likeness (QED) is 0.662. The summed E-state index contributed by atoms with van der Waals surface area (Å²) in [7, 11) is 1.66. The van der Waals surface area contributed by atoms with E-state index in [0.29, 0.717) is 13.2 Å². The Bertz CT molecular complexity index is 760. The number of anilines is 1. The summed E-state index contributed by atoms with van der Waals surface area (Å²) in [5, 5.41) is 4.09. The number of ether oxygens (including phenoxy) is 3. The first-order valence-electron chi connectivity index (χ1n) is 9.96. The summed E-state index contributed by atoms with van der Waals surface area (Å²) < 4.78 is 16.5. The number of nitrogens with one attached hydrogen (secondary N) is 1. The second-order valence-electron chi connectivity index (χ2n) is 6.74. The molecule has 0 saturated carbocycles. The highest BCUT2D eigenvalue weighted by atomic mass is 32.1. The van der Waals surface area contributed by atoms with Crippen LogP contribution in [0.3, 0.4) is 0 Å². The van der Waals surface area contributed by atoms with Crippen molar-refractivity contribution in [1.82, 2.24) is 9.80 Å². The molecule has 156 valence electrons. The van der Waals surface area contributed by atoms with Gasteiger partial charge >= 0.3 is 0 Å². The molecule has 1 fully saturated rings. The molecule has 1 aliphatic heterocycles. The third-order valence-electron chi connectivity index (χ3n) is 4.81. The zero-order valence-electron chi connectivity index (χ0n) is 17.1. The molecule has 1 aliphatic rings. The highest BCUT2D eigenvalue weighted by Crippen LogP contribution is 2.18. The maximum Gasteiger partial charge on any atom is 0.173 e. The first-order chi connectivity index (χ1) is 14.2. The molecule has 6 nitrogen and oxygen atoms in total. The van der Waals surface area contributed by atoms with Crippen molar-refractivity contribution in [3.63, 3.8) is 0 Å². The zero-order chi connectivity index (χ0) is 20.5. The molecule has 0 spiro atoms. The molecule has 0 aliphatic carbocycles. The summed E-state index contributed by atoms with van der Waals surface area (Å²) in [6.45, 7) is 7.97. The van der Waals surface area contributed by atoms with Gasteiger partial charge in [-0.3, -0.25) is 4.90 Å². The van der Waals surface area contributed by atoms with Crippen molar-refractivity contribution >= 4 is 23.0 Å². The summed E-state index contributed by atoms with van der Waals surface area (Å²) in [6.07, 6.45) is 0. The third-order valence-corrected chi connectivity index (χ3v) is 5.17. The van der Waals surface area contributed by atoms with Crippen LogP contribution in [0.2, 0.25) is 0 Å². The van der Waals surface area contributed by atoms with E-state index in [0.717, 1.165) is 60.8 Å². The highest BCUT2D eigenvalue weighted by molar-refractivity contribution is 7.80. The minimum absolute atomic E-state index is 0.667. The van der Waals surface area contributed by atoms with Crippen molar-refractivity contribution in [2.45, 2.75) is 6.92 Å². The second kappa shape index (κ2) is 10.9. The van der Waals surface area contributed by atoms with Crippen LogP contribution in [0, 0.1) is 0 Å². The van der Waals surface area contributed by atoms with Gasteiger partial charge in [-0.15, -0.1) is 0 Å². The lowest BCUT2D eigenvalue weighted by molar-refractivity contribution is 0.155. The fourth-order valence-electron chi connectivity index (χ4n) is 3.14. The van der Waals surface area contributed by atoms with Crippen molar-refractivity contribution in [3.8, 4) is 17.2 Å². The van der Waals surface area contributed by atoms with E-state index in [2.05, 4.69) is 15.1 Å². The van der Waals surface area contributed by atoms with Crippen LogP contribution in [-0.2, 0) is 0 Å². The summed E-state index contributed by atoms with van der Waals surface area (Å²) >= 11 is 5.58. The number of piperazine rings is 1. The molecule has 0 amide bonds. The van der Waals surface area contributed by atoms with E-state index in [1.54, 1.807) is 7.11 Å². The number of nitrogens with zero attached hydrogens (tertiary/aromatic N) is 2. The number of thiocarbonyl (C=S) groups is 1. The second-order valence-corrected chi connectivity index (χ2v) is 7.13. The van der Waals surface area contributed by atoms with Gasteiger partial charge < -0.3 is 24.4 Å². The molecular weight excluding hydrogens is 386 g/mol. The summed E-state index contributed by atoms with van der Waals surface area (Å²) in [5.74, 6) is 2.57. The van der Waals surface area contributed by atoms with Crippen LogP contribution >= 0.6 is 12.2 Å². The Hall–Kier alpha value is -2.51. The van der Waals surface area contributed by atoms with Crippen LogP contribution in [-0.4, -0.2) is 68.0 Å². The van der Waals surface area contributed by atoms with Crippen LogP contribution in [0.15, 0.2) is 48.5 Å². The molecule has 2 aromatic rings. The molecule has 3 rings (SSSR count). The number of hydrogen-bond donors (Lipinski definition) is 1. The summed E-state index contributed by atoms with van der Waals surface area (Å²) in [5.41, 5.74) is 0.980. The van der Waals surface area contributed by atoms with Crippen LogP contribution in [0.1, 0.15) is 6.92 Å². The Morgan fingerprint density at radius 3 is 2.10 bits per heavy atom. The van der Waals surface area contributed by atoms with E-state index in [1.165, 1.54) is 0 Å². The Morgan fingerprint density at radius 1 is 0.897 bits per heavy atom. The van der Waals surface area contributed by atoms with Gasteiger partial charge in [0.25, 0.3) is 0 Å². The van der Waals surface area contributed by atoms with Crippen LogP contribution < -0.4 is 19.5 Å². The Kier molecular flexibility index (Phi) is 7.95. The van der Waals surface area contributed by atoms with Crippen LogP contribution in [0.5, 0.6) is 17.2 Å². The first-order valence-corrected chi connectivity index (χ1v) is 10.4. The molecule has 0 bridgehead atoms. The van der Waals surface area contributed by atoms with Gasteiger partial charge in [-0.05, 0) is 67.7 Å². The van der Waals surface area contributed by atoms with Crippen LogP contribution in [0.25, 0.3) is 0 Å². The normalized spacial score (nSPS) is 14.3. The lowest BCUT2D eigenvalue weighted by Crippen LogP contribution is -2.50. The van der Waals surface area contributed by atoms with Crippen molar-refractivity contribution in [2.75, 3.05) is 58.4 Å². The molecule has 1 heterocycles. The van der Waals surface area contributed by atoms with Gasteiger partial charge in [0, 0.05) is 38.4 Å². The highest BCUT2D eigenvalue weighted by Gasteiger charge is 2.18. The molecule has 2 aromatic carbocycles. The van der Waals surface area contributed by atoms with Crippen molar-refractivity contribution in [3.05, 3.63) is 48.5 Å². The fraction of sp³-hybridized carbons (Fsp3) is 0.409. The summed E-state index contributed by atoms with van der Waals surface area (Å²) in [4.78, 5) is 4.62. The van der Waals surface area contributed by atoms with E-state index < -0.39 is 0 Å². The molecule has 1 N–H and O–H groups in total. The number of rotatable bonds is 8. The average Bonchev–Trinajstić information content (AvgIpc) is 2.76. The van der Waals surface area contributed by atoms with Gasteiger partial charge in [0.1, 0.15) is 23.9 Å². The molecule has 0 atom stereocenters. The van der Waals surface area contributed by atoms with Crippen LogP contribution in [0.4, 0.5) is 5.69 Å². The van der Waals surface area contributed by atoms with Crippen molar-refractivity contribution < 1.29 is 14.2 Å². The van der Waals surface area contributed by atoms with Gasteiger partial charge in [0.2, 0.25) is 0 Å². The van der Waals surface area contributed by atoms with Gasteiger partial charge in [0.05, 0.1) is 13.7 Å². The standard InChI is InChI=1S/C22H29N3O3S/c1-3-27-20-6-4-18(5-7-20)23-22(29)25-14-12-24(13-15-25)16-17-28-21-10-8-19(26-2)9-11-21/h4-11H,3,12-17H2,1-2H3,(H,23,29). The van der Waals surface area contributed by atoms with Gasteiger partial charge in [-0.25, -0.2) is 0 Å². The molecule has 29 heavy (non-hydrogen) atoms. The lowest BCUT2D eigenvalue weighted by Gasteiger charge is -2.36.